The van der Waals surface area contributed by atoms with Crippen molar-refractivity contribution in [2.24, 2.45) is 0 Å². The third-order valence-electron chi connectivity index (χ3n) is 4.83. The second-order valence-electron chi connectivity index (χ2n) is 6.26. The predicted molar refractivity (Wildman–Crippen MR) is 90.2 cm³/mol. The summed E-state index contributed by atoms with van der Waals surface area (Å²) in [6.07, 6.45) is 3.26. The first-order valence-electron chi connectivity index (χ1n) is 8.11. The van der Waals surface area contributed by atoms with Crippen LogP contribution in [0.15, 0.2) is 36.4 Å². The van der Waals surface area contributed by atoms with Gasteiger partial charge in [-0.05, 0) is 55.6 Å². The SMILES string of the molecule is O=C(c1ccc(-c2ccc(F)cc2)s1)N1C2CCNCC1CC2. The maximum absolute atomic E-state index is 13.0. The molecule has 0 radical (unpaired) electrons. The van der Waals surface area contributed by atoms with Crippen molar-refractivity contribution >= 4 is 17.2 Å². The van der Waals surface area contributed by atoms with Crippen LogP contribution in [-0.4, -0.2) is 36.0 Å². The van der Waals surface area contributed by atoms with Crippen molar-refractivity contribution < 1.29 is 9.18 Å². The lowest BCUT2D eigenvalue weighted by Gasteiger charge is -2.27. The first kappa shape index (κ1) is 14.8. The molecule has 2 saturated heterocycles. The molecule has 2 bridgehead atoms. The van der Waals surface area contributed by atoms with E-state index in [0.29, 0.717) is 12.1 Å². The van der Waals surface area contributed by atoms with Gasteiger partial charge in [-0.25, -0.2) is 4.39 Å². The second-order valence-corrected chi connectivity index (χ2v) is 7.34. The lowest BCUT2D eigenvalue weighted by Crippen LogP contribution is -2.42. The van der Waals surface area contributed by atoms with E-state index < -0.39 is 0 Å². The summed E-state index contributed by atoms with van der Waals surface area (Å²) in [6.45, 7) is 1.90. The van der Waals surface area contributed by atoms with Gasteiger partial charge in [0.1, 0.15) is 5.82 Å². The van der Waals surface area contributed by atoms with Crippen molar-refractivity contribution in [1.29, 1.82) is 0 Å². The summed E-state index contributed by atoms with van der Waals surface area (Å²) in [5, 5.41) is 3.43. The number of carbonyl (C=O) groups is 1. The van der Waals surface area contributed by atoms with Gasteiger partial charge in [-0.3, -0.25) is 4.79 Å². The first-order chi connectivity index (χ1) is 11.2. The number of rotatable bonds is 2. The van der Waals surface area contributed by atoms with Crippen LogP contribution in [0, 0.1) is 5.82 Å². The van der Waals surface area contributed by atoms with Gasteiger partial charge in [0.2, 0.25) is 0 Å². The van der Waals surface area contributed by atoms with E-state index in [0.717, 1.165) is 47.7 Å². The fourth-order valence-corrected chi connectivity index (χ4v) is 4.62. The number of hydrogen-bond acceptors (Lipinski definition) is 3. The number of hydrogen-bond donors (Lipinski definition) is 1. The average molecular weight is 330 g/mol. The Labute approximate surface area is 139 Å². The summed E-state index contributed by atoms with van der Waals surface area (Å²) in [5.74, 6) is -0.0881. The van der Waals surface area contributed by atoms with Gasteiger partial charge in [-0.15, -0.1) is 11.3 Å². The van der Waals surface area contributed by atoms with Crippen LogP contribution in [0.2, 0.25) is 0 Å². The van der Waals surface area contributed by atoms with Crippen molar-refractivity contribution in [2.45, 2.75) is 31.3 Å². The van der Waals surface area contributed by atoms with Crippen molar-refractivity contribution in [3.05, 3.63) is 47.1 Å². The summed E-state index contributed by atoms with van der Waals surface area (Å²) in [7, 11) is 0. The van der Waals surface area contributed by atoms with Gasteiger partial charge in [-0.1, -0.05) is 12.1 Å². The van der Waals surface area contributed by atoms with E-state index >= 15 is 0 Å². The molecule has 23 heavy (non-hydrogen) atoms. The lowest BCUT2D eigenvalue weighted by molar-refractivity contribution is 0.0685. The summed E-state index contributed by atoms with van der Waals surface area (Å²) in [6, 6.07) is 11.0. The minimum atomic E-state index is -0.241. The van der Waals surface area contributed by atoms with Gasteiger partial charge in [0.25, 0.3) is 5.91 Å². The molecule has 3 heterocycles. The maximum Gasteiger partial charge on any atom is 0.264 e. The molecular formula is C18H19FN2OS. The molecule has 0 aliphatic carbocycles. The van der Waals surface area contributed by atoms with Crippen LogP contribution < -0.4 is 5.32 Å². The zero-order valence-corrected chi connectivity index (χ0v) is 13.6. The van der Waals surface area contributed by atoms with E-state index in [2.05, 4.69) is 10.2 Å². The van der Waals surface area contributed by atoms with E-state index in [1.54, 1.807) is 12.1 Å². The van der Waals surface area contributed by atoms with Gasteiger partial charge in [0, 0.05) is 23.5 Å². The Balaban J connectivity index is 1.59. The zero-order chi connectivity index (χ0) is 15.8. The van der Waals surface area contributed by atoms with E-state index in [1.807, 2.05) is 12.1 Å². The third-order valence-corrected chi connectivity index (χ3v) is 5.96. The third kappa shape index (κ3) is 2.79. The fourth-order valence-electron chi connectivity index (χ4n) is 3.66. The van der Waals surface area contributed by atoms with Crippen LogP contribution in [0.25, 0.3) is 10.4 Å². The highest BCUT2D eigenvalue weighted by Gasteiger charge is 2.38. The lowest BCUT2D eigenvalue weighted by atomic mass is 10.1. The molecule has 120 valence electrons. The highest BCUT2D eigenvalue weighted by atomic mass is 32.1. The molecule has 1 aromatic carbocycles. The van der Waals surface area contributed by atoms with Crippen LogP contribution >= 0.6 is 11.3 Å². The zero-order valence-electron chi connectivity index (χ0n) is 12.8. The number of nitrogens with zero attached hydrogens (tertiary/aromatic N) is 1. The summed E-state index contributed by atoms with van der Waals surface area (Å²) in [5.41, 5.74) is 0.955. The molecule has 4 rings (SSSR count). The Kier molecular flexibility index (Phi) is 3.91. The maximum atomic E-state index is 13.0. The molecule has 1 aromatic heterocycles. The summed E-state index contributed by atoms with van der Waals surface area (Å²) >= 11 is 1.50. The molecule has 3 nitrogen and oxygen atoms in total. The number of thiophene rings is 1. The van der Waals surface area contributed by atoms with Crippen molar-refractivity contribution in [3.63, 3.8) is 0 Å². The molecule has 1 amide bonds. The van der Waals surface area contributed by atoms with Crippen molar-refractivity contribution in [1.82, 2.24) is 10.2 Å². The minimum absolute atomic E-state index is 0.152. The van der Waals surface area contributed by atoms with Gasteiger partial charge < -0.3 is 10.2 Å². The summed E-state index contributed by atoms with van der Waals surface area (Å²) in [4.78, 5) is 16.8. The number of carbonyl (C=O) groups excluding carboxylic acids is 1. The average Bonchev–Trinajstić information content (AvgIpc) is 3.11. The Hall–Kier alpha value is -1.72. The Morgan fingerprint density at radius 2 is 1.87 bits per heavy atom. The van der Waals surface area contributed by atoms with Crippen LogP contribution in [0.4, 0.5) is 4.39 Å². The van der Waals surface area contributed by atoms with E-state index in [1.165, 1.54) is 23.5 Å². The highest BCUT2D eigenvalue weighted by molar-refractivity contribution is 7.17. The molecule has 2 unspecified atom stereocenters. The van der Waals surface area contributed by atoms with Crippen LogP contribution in [-0.2, 0) is 0 Å². The molecule has 2 atom stereocenters. The molecular weight excluding hydrogens is 311 g/mol. The smallest absolute Gasteiger partial charge is 0.264 e. The number of fused-ring (bicyclic) bond motifs is 2. The van der Waals surface area contributed by atoms with Gasteiger partial charge in [0.15, 0.2) is 0 Å². The Morgan fingerprint density at radius 1 is 1.09 bits per heavy atom. The molecule has 1 N–H and O–H groups in total. The molecule has 2 aliphatic rings. The summed E-state index contributed by atoms with van der Waals surface area (Å²) < 4.78 is 13.0. The van der Waals surface area contributed by atoms with Crippen molar-refractivity contribution in [3.8, 4) is 10.4 Å². The quantitative estimate of drug-likeness (QED) is 0.914. The highest BCUT2D eigenvalue weighted by Crippen LogP contribution is 2.33. The number of amides is 1. The number of halogens is 1. The largest absolute Gasteiger partial charge is 0.331 e. The predicted octanol–water partition coefficient (Wildman–Crippen LogP) is 3.52. The standard InChI is InChI=1S/C18H19FN2OS/c19-13-3-1-12(2-4-13)16-7-8-17(23-16)18(22)21-14-5-6-15(21)11-20-10-9-14/h1-4,7-8,14-15,20H,5-6,9-11H2. The minimum Gasteiger partial charge on any atom is -0.331 e. The Bertz CT molecular complexity index is 698. The monoisotopic (exact) mass is 330 g/mol. The normalized spacial score (nSPS) is 23.8. The molecule has 2 fully saturated rings. The first-order valence-corrected chi connectivity index (χ1v) is 8.93. The second kappa shape index (κ2) is 6.06. The topological polar surface area (TPSA) is 32.3 Å². The van der Waals surface area contributed by atoms with E-state index in [4.69, 9.17) is 0 Å². The molecule has 2 aliphatic heterocycles. The molecule has 0 saturated carbocycles. The molecule has 0 spiro atoms. The van der Waals surface area contributed by atoms with Crippen molar-refractivity contribution in [2.75, 3.05) is 13.1 Å². The van der Waals surface area contributed by atoms with Crippen LogP contribution in [0.3, 0.4) is 0 Å². The van der Waals surface area contributed by atoms with Crippen LogP contribution in [0.1, 0.15) is 28.9 Å². The molecule has 5 heteroatoms. The van der Waals surface area contributed by atoms with Crippen LogP contribution in [0.5, 0.6) is 0 Å². The number of nitrogens with one attached hydrogen (secondary N) is 1. The van der Waals surface area contributed by atoms with Gasteiger partial charge >= 0.3 is 0 Å². The Morgan fingerprint density at radius 3 is 2.70 bits per heavy atom. The van der Waals surface area contributed by atoms with E-state index in [-0.39, 0.29) is 11.7 Å². The van der Waals surface area contributed by atoms with Gasteiger partial charge in [-0.2, -0.15) is 0 Å². The number of benzene rings is 1. The fraction of sp³-hybridized carbons (Fsp3) is 0.389. The van der Waals surface area contributed by atoms with E-state index in [9.17, 15) is 9.18 Å². The molecule has 2 aromatic rings. The van der Waals surface area contributed by atoms with Gasteiger partial charge in [0.05, 0.1) is 4.88 Å².